The normalized spacial score (nSPS) is 15.3. The van der Waals surface area contributed by atoms with Gasteiger partial charge in [0.05, 0.1) is 12.3 Å². The number of hydrogen-bond donors (Lipinski definition) is 1. The van der Waals surface area contributed by atoms with Crippen LogP contribution in [0.15, 0.2) is 95.3 Å². The van der Waals surface area contributed by atoms with E-state index in [-0.39, 0.29) is 6.61 Å². The van der Waals surface area contributed by atoms with Crippen LogP contribution >= 0.6 is 0 Å². The number of carbonyl (C=O) groups is 1. The third-order valence-electron chi connectivity index (χ3n) is 5.41. The number of aliphatic imine (C=N–C) groups is 1. The van der Waals surface area contributed by atoms with Crippen LogP contribution in [-0.2, 0) is 16.1 Å². The fourth-order valence-corrected chi connectivity index (χ4v) is 3.67. The Morgan fingerprint density at radius 2 is 1.65 bits per heavy atom. The second kappa shape index (κ2) is 10.7. The summed E-state index contributed by atoms with van der Waals surface area (Å²) < 4.78 is 16.9. The molecular weight excluding hydrogens is 428 g/mol. The van der Waals surface area contributed by atoms with Crippen LogP contribution in [0, 0.1) is 6.92 Å². The van der Waals surface area contributed by atoms with E-state index in [1.54, 1.807) is 6.92 Å². The fraction of sp³-hybridized carbons (Fsp3) is 0.214. The molecule has 3 aromatic carbocycles. The van der Waals surface area contributed by atoms with Gasteiger partial charge in [0, 0.05) is 11.1 Å². The largest absolute Gasteiger partial charge is 0.513 e. The zero-order valence-electron chi connectivity index (χ0n) is 19.6. The number of amidine groups is 1. The summed E-state index contributed by atoms with van der Waals surface area (Å²) in [7, 11) is 0. The van der Waals surface area contributed by atoms with Gasteiger partial charge in [-0.2, -0.15) is 0 Å². The van der Waals surface area contributed by atoms with Crippen LogP contribution < -0.4 is 10.1 Å². The molecule has 1 N–H and O–H groups in total. The predicted molar refractivity (Wildman–Crippen MR) is 132 cm³/mol. The third kappa shape index (κ3) is 5.46. The van der Waals surface area contributed by atoms with Crippen molar-refractivity contribution >= 4 is 12.0 Å². The molecule has 0 aliphatic carbocycles. The number of hydrogen-bond acceptors (Lipinski definition) is 6. The molecular formula is C28H28N2O4. The summed E-state index contributed by atoms with van der Waals surface area (Å²) in [5.74, 6) is 1.74. The maximum Gasteiger partial charge on any atom is 0.513 e. The third-order valence-corrected chi connectivity index (χ3v) is 5.41. The number of rotatable bonds is 7. The molecule has 34 heavy (non-hydrogen) atoms. The minimum absolute atomic E-state index is 0.220. The molecule has 1 heterocycles. The quantitative estimate of drug-likeness (QED) is 0.437. The highest BCUT2D eigenvalue weighted by Crippen LogP contribution is 2.37. The maximum absolute atomic E-state index is 12.2. The number of benzene rings is 3. The predicted octanol–water partition coefficient (Wildman–Crippen LogP) is 6.07. The number of nitrogens with one attached hydrogen (secondary N) is 1. The number of nitrogens with zero attached hydrogens (tertiary/aromatic N) is 1. The standard InChI is InChI=1S/C28H28N2O4/c1-4-32-28(31)34-26-20(3)29-27(22-10-6-5-7-11-22)30-25(26)23-12-8-9-13-24(23)33-18-21-16-14-19(2)15-17-21/h5-17,25H,4,18H2,1-3H3,(H,29,30). The van der Waals surface area contributed by atoms with Gasteiger partial charge in [-0.15, -0.1) is 0 Å². The first kappa shape index (κ1) is 23.1. The van der Waals surface area contributed by atoms with Crippen LogP contribution in [0.5, 0.6) is 5.75 Å². The molecule has 0 radical (unpaired) electrons. The van der Waals surface area contributed by atoms with Crippen LogP contribution in [0.2, 0.25) is 0 Å². The smallest absolute Gasteiger partial charge is 0.489 e. The molecule has 0 spiro atoms. The van der Waals surface area contributed by atoms with Crippen molar-refractivity contribution in [1.29, 1.82) is 0 Å². The molecule has 0 amide bonds. The molecule has 0 aromatic heterocycles. The monoisotopic (exact) mass is 456 g/mol. The first-order valence-electron chi connectivity index (χ1n) is 11.3. The lowest BCUT2D eigenvalue weighted by Crippen LogP contribution is -2.31. The lowest BCUT2D eigenvalue weighted by molar-refractivity contribution is 0.0761. The van der Waals surface area contributed by atoms with Crippen molar-refractivity contribution in [2.45, 2.75) is 33.4 Å². The molecule has 1 aliphatic heterocycles. The van der Waals surface area contributed by atoms with Crippen LogP contribution in [0.25, 0.3) is 0 Å². The van der Waals surface area contributed by atoms with Gasteiger partial charge in [0.15, 0.2) is 5.76 Å². The van der Waals surface area contributed by atoms with E-state index < -0.39 is 12.2 Å². The lowest BCUT2D eigenvalue weighted by atomic mass is 10.0. The number of carbonyl (C=O) groups excluding carboxylic acids is 1. The number of para-hydroxylation sites is 1. The van der Waals surface area contributed by atoms with E-state index >= 15 is 0 Å². The summed E-state index contributed by atoms with van der Waals surface area (Å²) in [6.07, 6.45) is -0.764. The van der Waals surface area contributed by atoms with Gasteiger partial charge in [-0.1, -0.05) is 78.4 Å². The Hall–Kier alpha value is -4.06. The van der Waals surface area contributed by atoms with Crippen LogP contribution in [0.4, 0.5) is 4.79 Å². The van der Waals surface area contributed by atoms with Crippen LogP contribution in [0.1, 0.15) is 42.1 Å². The topological polar surface area (TPSA) is 69.2 Å². The Kier molecular flexibility index (Phi) is 7.28. The average Bonchev–Trinajstić information content (AvgIpc) is 2.86. The van der Waals surface area contributed by atoms with Gasteiger partial charge >= 0.3 is 6.16 Å². The molecule has 4 rings (SSSR count). The zero-order valence-corrected chi connectivity index (χ0v) is 19.6. The lowest BCUT2D eigenvalue weighted by Gasteiger charge is -2.27. The summed E-state index contributed by atoms with van der Waals surface area (Å²) >= 11 is 0. The van der Waals surface area contributed by atoms with E-state index in [9.17, 15) is 4.79 Å². The van der Waals surface area contributed by atoms with E-state index in [1.807, 2.05) is 73.7 Å². The molecule has 6 nitrogen and oxygen atoms in total. The van der Waals surface area contributed by atoms with Crippen LogP contribution in [-0.4, -0.2) is 18.6 Å². The Balaban J connectivity index is 1.70. The number of aryl methyl sites for hydroxylation is 1. The minimum atomic E-state index is -0.764. The summed E-state index contributed by atoms with van der Waals surface area (Å²) in [6, 6.07) is 25.1. The highest BCUT2D eigenvalue weighted by atomic mass is 16.7. The first-order chi connectivity index (χ1) is 16.5. The SMILES string of the molecule is CCOC(=O)OC1=C(C)NC(c2ccccc2)=NC1c1ccccc1OCc1ccc(C)cc1. The van der Waals surface area contributed by atoms with Crippen molar-refractivity contribution in [3.63, 3.8) is 0 Å². The Labute approximate surface area is 199 Å². The number of allylic oxidation sites excluding steroid dienone is 1. The highest BCUT2D eigenvalue weighted by molar-refractivity contribution is 6.00. The molecule has 0 saturated heterocycles. The second-order valence-electron chi connectivity index (χ2n) is 7.96. The Bertz CT molecular complexity index is 1200. The van der Waals surface area contributed by atoms with Crippen molar-refractivity contribution in [2.75, 3.05) is 6.61 Å². The molecule has 1 aliphatic rings. The van der Waals surface area contributed by atoms with Gasteiger partial charge in [-0.25, -0.2) is 4.79 Å². The molecule has 0 saturated carbocycles. The van der Waals surface area contributed by atoms with Gasteiger partial charge in [0.25, 0.3) is 0 Å². The molecule has 1 unspecified atom stereocenters. The van der Waals surface area contributed by atoms with Gasteiger partial charge in [0.2, 0.25) is 0 Å². The van der Waals surface area contributed by atoms with Crippen molar-refractivity contribution in [1.82, 2.24) is 5.32 Å². The Morgan fingerprint density at radius 1 is 0.941 bits per heavy atom. The van der Waals surface area contributed by atoms with Crippen molar-refractivity contribution in [3.05, 3.63) is 113 Å². The van der Waals surface area contributed by atoms with Crippen molar-refractivity contribution in [3.8, 4) is 5.75 Å². The summed E-state index contributed by atoms with van der Waals surface area (Å²) in [5.41, 5.74) is 4.67. The van der Waals surface area contributed by atoms with E-state index in [1.165, 1.54) is 5.56 Å². The van der Waals surface area contributed by atoms with Gasteiger partial charge in [0.1, 0.15) is 24.2 Å². The number of ether oxygens (including phenoxy) is 3. The molecule has 3 aromatic rings. The fourth-order valence-electron chi connectivity index (χ4n) is 3.67. The van der Waals surface area contributed by atoms with E-state index in [0.29, 0.717) is 29.6 Å². The van der Waals surface area contributed by atoms with Crippen molar-refractivity contribution < 1.29 is 19.0 Å². The summed E-state index contributed by atoms with van der Waals surface area (Å²) in [4.78, 5) is 17.2. The van der Waals surface area contributed by atoms with E-state index in [2.05, 4.69) is 24.4 Å². The molecule has 1 atom stereocenters. The molecule has 174 valence electrons. The maximum atomic E-state index is 12.2. The summed E-state index contributed by atoms with van der Waals surface area (Å²) in [6.45, 7) is 6.28. The van der Waals surface area contributed by atoms with E-state index in [0.717, 1.165) is 16.7 Å². The Morgan fingerprint density at radius 3 is 2.38 bits per heavy atom. The van der Waals surface area contributed by atoms with Crippen molar-refractivity contribution in [2.24, 2.45) is 4.99 Å². The van der Waals surface area contributed by atoms with Gasteiger partial charge in [-0.3, -0.25) is 4.99 Å². The second-order valence-corrected chi connectivity index (χ2v) is 7.96. The molecule has 6 heteroatoms. The average molecular weight is 457 g/mol. The molecule has 0 fully saturated rings. The van der Waals surface area contributed by atoms with Gasteiger partial charge in [-0.05, 0) is 32.4 Å². The van der Waals surface area contributed by atoms with Crippen LogP contribution in [0.3, 0.4) is 0 Å². The van der Waals surface area contributed by atoms with Gasteiger partial charge < -0.3 is 19.5 Å². The molecule has 0 bridgehead atoms. The zero-order chi connectivity index (χ0) is 23.9. The summed E-state index contributed by atoms with van der Waals surface area (Å²) in [5, 5.41) is 3.27. The van der Waals surface area contributed by atoms with E-state index in [4.69, 9.17) is 19.2 Å². The first-order valence-corrected chi connectivity index (χ1v) is 11.3. The minimum Gasteiger partial charge on any atom is -0.489 e. The highest BCUT2D eigenvalue weighted by Gasteiger charge is 2.30.